The van der Waals surface area contributed by atoms with Gasteiger partial charge in [-0.05, 0) is 0 Å². The molecule has 0 saturated carbocycles. The molecule has 6 bridgehead atoms. The van der Waals surface area contributed by atoms with Crippen molar-refractivity contribution in [1.82, 2.24) is 0 Å². The predicted octanol–water partition coefficient (Wildman–Crippen LogP) is 6.44. The van der Waals surface area contributed by atoms with E-state index in [-0.39, 0.29) is 8.56 Å². The molecule has 43 heavy (non-hydrogen) atoms. The molecule has 4 saturated heterocycles. The Morgan fingerprint density at radius 3 is 1.49 bits per heavy atom. The molecule has 0 aliphatic carbocycles. The van der Waals surface area contributed by atoms with Crippen LogP contribution in [0.1, 0.15) is 61.9 Å². The summed E-state index contributed by atoms with van der Waals surface area (Å²) in [5, 5.41) is 0. The van der Waals surface area contributed by atoms with Gasteiger partial charge in [0.25, 0.3) is 0 Å². The third-order valence-corrected chi connectivity index (χ3v) is 56.5. The molecule has 7 atom stereocenters. The molecule has 0 N–H and O–H groups in total. The molecule has 4 fully saturated rings. The first-order valence-corrected chi connectivity index (χ1v) is 39.4. The summed E-state index contributed by atoms with van der Waals surface area (Å²) < 4.78 is 85.0. The van der Waals surface area contributed by atoms with E-state index >= 15 is 0 Å². The monoisotopic (exact) mass is 860 g/mol. The van der Waals surface area contributed by atoms with Gasteiger partial charge in [-0.15, -0.1) is 0 Å². The second-order valence-electron chi connectivity index (χ2n) is 12.6. The molecule has 0 spiro atoms. The first-order chi connectivity index (χ1) is 19.7. The SMILES string of the molecule is CC#C[Si]1(O[Si](C)(C)C)O[Si]2(C)O[Si]3(C)O[Si]4(C)O[Si](C)(O2)[O][Sn]([CH2]CCC)([CH2]CCC)[O][Si](C)(O4)O[Si](C#CC)(O3)O1.[HH].[HH].[HH].[HH].[HH].[HH]. The van der Waals surface area contributed by atoms with E-state index in [4.69, 9.17) is 46.7 Å². The number of hydrogen-bond donors (Lipinski definition) is 0. The van der Waals surface area contributed by atoms with Crippen LogP contribution in [-0.4, -0.2) is 89.2 Å². The van der Waals surface area contributed by atoms with Gasteiger partial charge < -0.3 is 0 Å². The van der Waals surface area contributed by atoms with Crippen molar-refractivity contribution >= 4 is 89.2 Å². The van der Waals surface area contributed by atoms with E-state index in [1.54, 1.807) is 33.5 Å². The Bertz CT molecular complexity index is 1210. The minimum atomic E-state index is -4.14. The first-order valence-electron chi connectivity index (χ1n) is 15.0. The Balaban J connectivity index is -0.00000353. The zero-order chi connectivity index (χ0) is 32.1. The van der Waals surface area contributed by atoms with Crippen LogP contribution in [0.5, 0.6) is 0 Å². The minimum Gasteiger partial charge on any atom is 0 e. The zero-order valence-corrected chi connectivity index (χ0v) is 38.5. The van der Waals surface area contributed by atoms with Gasteiger partial charge in [-0.1, -0.05) is 0 Å². The molecule has 0 aromatic carbocycles. The van der Waals surface area contributed by atoms with Crippen LogP contribution in [-0.2, 0) is 46.7 Å². The fraction of sp³-hybridized carbons (Fsp3) is 0.818. The van der Waals surface area contributed by atoms with Gasteiger partial charge >= 0.3 is 273 Å². The number of unbranched alkanes of at least 4 members (excludes halogenated alkanes) is 2. The van der Waals surface area contributed by atoms with Gasteiger partial charge in [0.2, 0.25) is 0 Å². The van der Waals surface area contributed by atoms with E-state index in [1.165, 1.54) is 0 Å². The summed E-state index contributed by atoms with van der Waals surface area (Å²) in [4.78, 5) is 0. The average Bonchev–Trinajstić information content (AvgIpc) is 2.75. The molecule has 7 unspecified atom stereocenters. The summed E-state index contributed by atoms with van der Waals surface area (Å²) in [6, 6.07) is 0. The van der Waals surface area contributed by atoms with Gasteiger partial charge in [0.1, 0.15) is 0 Å². The van der Waals surface area contributed by atoms with Crippen molar-refractivity contribution in [1.29, 1.82) is 0 Å². The van der Waals surface area contributed by atoms with Crippen molar-refractivity contribution in [2.24, 2.45) is 0 Å². The van der Waals surface area contributed by atoms with E-state index in [1.807, 2.05) is 32.7 Å². The second-order valence-corrected chi connectivity index (χ2v) is 48.3. The van der Waals surface area contributed by atoms with E-state index in [9.17, 15) is 0 Å². The maximum absolute atomic E-state index is 7.27. The molecule has 4 rings (SSSR count). The van der Waals surface area contributed by atoms with Crippen LogP contribution in [0.25, 0.3) is 0 Å². The topological polar surface area (TPSA) is 111 Å². The maximum atomic E-state index is 7.27. The molecular weight excluding hydrogens is 800 g/mol. The van der Waals surface area contributed by atoms with Crippen molar-refractivity contribution in [2.75, 3.05) is 0 Å². The van der Waals surface area contributed by atoms with Gasteiger partial charge in [-0.25, -0.2) is 0 Å². The second kappa shape index (κ2) is 12.9. The molecule has 4 heterocycles. The standard InChI is InChI=1S/C14H30O12Si8.2C4H9.Sn.6H2/c1-11-13-33(17-27(3,4)5)24-31(9)19-28(6,15)18-30(8)20-29(7,16)21-34(26-33,14-12-2)25-32(10,22-30)23-31;2*1-3-4-2;;;;;;;/h1-10H3;2*1,3-4H2,2H3;;6*1H/q-2;;;+2;;;;;;. The summed E-state index contributed by atoms with van der Waals surface area (Å²) in [6.07, 6.45) is 3.84. The Morgan fingerprint density at radius 1 is 0.605 bits per heavy atom. The molecule has 256 valence electrons. The van der Waals surface area contributed by atoms with Crippen LogP contribution in [0.2, 0.25) is 61.2 Å². The molecular formula is C22H60O12Si8Sn. The van der Waals surface area contributed by atoms with Crippen molar-refractivity contribution < 1.29 is 55.2 Å². The molecule has 0 aromatic heterocycles. The summed E-state index contributed by atoms with van der Waals surface area (Å²) in [7, 11) is -29.0. The van der Waals surface area contributed by atoms with Crippen LogP contribution < -0.4 is 0 Å². The average molecular weight is 860 g/mol. The van der Waals surface area contributed by atoms with Crippen LogP contribution in [0, 0.1) is 22.9 Å². The Labute approximate surface area is 280 Å². The van der Waals surface area contributed by atoms with Crippen molar-refractivity contribution in [2.45, 2.75) is 115 Å². The Hall–Kier alpha value is 1.17. The molecule has 4 aliphatic rings. The molecule has 12 nitrogen and oxygen atoms in total. The van der Waals surface area contributed by atoms with Crippen LogP contribution in [0.15, 0.2) is 0 Å². The first kappa shape index (κ1) is 37.0. The zero-order valence-electron chi connectivity index (χ0n) is 27.6. The van der Waals surface area contributed by atoms with Gasteiger partial charge in [-0.3, -0.25) is 0 Å². The summed E-state index contributed by atoms with van der Waals surface area (Å²) in [6.45, 7) is 22.9. The van der Waals surface area contributed by atoms with Crippen molar-refractivity contribution in [3.05, 3.63) is 0 Å². The maximum Gasteiger partial charge on any atom is 0 e. The number of rotatable bonds is 8. The molecule has 0 amide bonds. The predicted molar refractivity (Wildman–Crippen MR) is 191 cm³/mol. The van der Waals surface area contributed by atoms with E-state index in [2.05, 4.69) is 36.8 Å². The van der Waals surface area contributed by atoms with Gasteiger partial charge in [0.05, 0.1) is 0 Å². The number of fused-ring (bicyclic) bond motifs is 4. The van der Waals surface area contributed by atoms with Crippen LogP contribution in [0.4, 0.5) is 0 Å². The Morgan fingerprint density at radius 2 is 1.02 bits per heavy atom. The molecule has 0 aromatic rings. The molecule has 4 aliphatic heterocycles. The van der Waals surface area contributed by atoms with E-state index < -0.39 is 89.2 Å². The minimum absolute atomic E-state index is 0. The Kier molecular flexibility index (Phi) is 11.1. The van der Waals surface area contributed by atoms with Crippen molar-refractivity contribution in [3.8, 4) is 22.9 Å². The van der Waals surface area contributed by atoms with Crippen LogP contribution in [0.3, 0.4) is 0 Å². The summed E-state index contributed by atoms with van der Waals surface area (Å²) in [5.41, 5.74) is 6.32. The molecule has 0 radical (unpaired) electrons. The van der Waals surface area contributed by atoms with Gasteiger partial charge in [0.15, 0.2) is 0 Å². The third-order valence-electron chi connectivity index (χ3n) is 6.64. The van der Waals surface area contributed by atoms with E-state index in [0.717, 1.165) is 34.6 Å². The third kappa shape index (κ3) is 8.80. The molecule has 21 heteroatoms. The fourth-order valence-electron chi connectivity index (χ4n) is 5.81. The van der Waals surface area contributed by atoms with Crippen molar-refractivity contribution in [3.63, 3.8) is 0 Å². The largest absolute Gasteiger partial charge is 0 e. The smallest absolute Gasteiger partial charge is 0 e. The summed E-state index contributed by atoms with van der Waals surface area (Å²) >= 11 is -4.11. The van der Waals surface area contributed by atoms with Crippen LogP contribution >= 0.6 is 0 Å². The van der Waals surface area contributed by atoms with E-state index in [0.29, 0.717) is 0 Å². The van der Waals surface area contributed by atoms with Gasteiger partial charge in [0, 0.05) is 8.56 Å². The summed E-state index contributed by atoms with van der Waals surface area (Å²) in [5.74, 6) is 5.95. The van der Waals surface area contributed by atoms with Gasteiger partial charge in [-0.2, -0.15) is 0 Å². The quantitative estimate of drug-likeness (QED) is 0.198. The number of hydrogen-bond acceptors (Lipinski definition) is 12. The normalized spacial score (nSPS) is 43.9. The fourth-order valence-corrected chi connectivity index (χ4v) is 69.6.